The summed E-state index contributed by atoms with van der Waals surface area (Å²) in [5, 5.41) is 18.3. The van der Waals surface area contributed by atoms with Crippen molar-refractivity contribution in [2.24, 2.45) is 5.92 Å². The zero-order chi connectivity index (χ0) is 24.9. The lowest BCUT2D eigenvalue weighted by Crippen LogP contribution is -2.25. The Morgan fingerprint density at radius 1 is 1.18 bits per heavy atom. The number of esters is 2. The van der Waals surface area contributed by atoms with Gasteiger partial charge in [0.25, 0.3) is 0 Å². The number of hydrogen-bond acceptors (Lipinski definition) is 9. The number of rotatable bonds is 10. The number of amides is 1. The summed E-state index contributed by atoms with van der Waals surface area (Å²) in [5.74, 6) is -2.31. The van der Waals surface area contributed by atoms with Crippen molar-refractivity contribution in [3.63, 3.8) is 0 Å². The maximum atomic E-state index is 12.9. The van der Waals surface area contributed by atoms with Crippen LogP contribution in [-0.4, -0.2) is 45.8 Å². The van der Waals surface area contributed by atoms with E-state index in [1.54, 1.807) is 27.7 Å². The summed E-state index contributed by atoms with van der Waals surface area (Å²) < 4.78 is 11.7. The summed E-state index contributed by atoms with van der Waals surface area (Å²) in [7, 11) is 0. The number of hydrogen-bond donors (Lipinski definition) is 1. The smallest absolute Gasteiger partial charge is 0.348 e. The molecular formula is C21H28N4O7S. The van der Waals surface area contributed by atoms with Crippen LogP contribution in [0, 0.1) is 36.8 Å². The van der Waals surface area contributed by atoms with Crippen molar-refractivity contribution in [1.29, 1.82) is 0 Å². The molecule has 2 aromatic rings. The zero-order valence-electron chi connectivity index (χ0n) is 19.5. The number of anilines is 1. The van der Waals surface area contributed by atoms with E-state index in [2.05, 4.69) is 10.4 Å². The van der Waals surface area contributed by atoms with Crippen LogP contribution in [0.3, 0.4) is 0 Å². The third-order valence-corrected chi connectivity index (χ3v) is 6.09. The molecule has 2 heterocycles. The Labute approximate surface area is 195 Å². The Kier molecular flexibility index (Phi) is 8.69. The van der Waals surface area contributed by atoms with Crippen molar-refractivity contribution in [2.45, 2.75) is 54.5 Å². The highest BCUT2D eigenvalue weighted by molar-refractivity contribution is 7.18. The molecular weight excluding hydrogens is 452 g/mol. The van der Waals surface area contributed by atoms with E-state index in [4.69, 9.17) is 9.47 Å². The van der Waals surface area contributed by atoms with Crippen LogP contribution in [0.2, 0.25) is 0 Å². The van der Waals surface area contributed by atoms with Crippen LogP contribution in [0.15, 0.2) is 0 Å². The molecule has 0 saturated heterocycles. The predicted molar refractivity (Wildman–Crippen MR) is 122 cm³/mol. The van der Waals surface area contributed by atoms with E-state index >= 15 is 0 Å². The first-order chi connectivity index (χ1) is 15.5. The topological polar surface area (TPSA) is 143 Å². The first kappa shape index (κ1) is 26.0. The number of thiophene rings is 1. The number of ether oxygens (including phenoxy) is 2. The molecule has 0 aliphatic carbocycles. The van der Waals surface area contributed by atoms with Gasteiger partial charge >= 0.3 is 17.6 Å². The number of nitrogens with zero attached hydrogens (tertiary/aromatic N) is 3. The standard InChI is InChI=1S/C21H28N4O7S/c1-7-9-32-20(27)15-12(4)17(21(28)31-8-2)33-19(15)22-18(26)11(3)10-24-14(6)16(25(29)30)13(5)23-24/h11H,7-10H2,1-6H3,(H,22,26). The van der Waals surface area contributed by atoms with Gasteiger partial charge in [-0.1, -0.05) is 13.8 Å². The summed E-state index contributed by atoms with van der Waals surface area (Å²) in [6.07, 6.45) is 0.618. The Bertz CT molecular complexity index is 1070. The van der Waals surface area contributed by atoms with E-state index in [0.29, 0.717) is 17.7 Å². The van der Waals surface area contributed by atoms with Crippen molar-refractivity contribution < 1.29 is 28.8 Å². The van der Waals surface area contributed by atoms with Gasteiger partial charge in [-0.05, 0) is 39.7 Å². The predicted octanol–water partition coefficient (Wildman–Crippen LogP) is 3.80. The van der Waals surface area contributed by atoms with Gasteiger partial charge in [0.15, 0.2) is 0 Å². The van der Waals surface area contributed by atoms with E-state index in [1.807, 2.05) is 6.92 Å². The molecule has 2 rings (SSSR count). The highest BCUT2D eigenvalue weighted by atomic mass is 32.1. The van der Waals surface area contributed by atoms with Crippen molar-refractivity contribution in [3.8, 4) is 0 Å². The molecule has 0 aliphatic heterocycles. The summed E-state index contributed by atoms with van der Waals surface area (Å²) in [4.78, 5) is 48.8. The molecule has 0 bridgehead atoms. The van der Waals surface area contributed by atoms with Gasteiger partial charge in [-0.2, -0.15) is 5.10 Å². The molecule has 1 unspecified atom stereocenters. The number of nitro groups is 1. The normalized spacial score (nSPS) is 11.7. The fourth-order valence-electron chi connectivity index (χ4n) is 3.21. The van der Waals surface area contributed by atoms with Gasteiger partial charge in [0, 0.05) is 0 Å². The monoisotopic (exact) mass is 480 g/mol. The van der Waals surface area contributed by atoms with Crippen LogP contribution < -0.4 is 5.32 Å². The molecule has 0 aliphatic rings. The third kappa shape index (κ3) is 5.75. The number of carbonyl (C=O) groups is 3. The third-order valence-electron chi connectivity index (χ3n) is 4.91. The molecule has 33 heavy (non-hydrogen) atoms. The molecule has 1 amide bonds. The van der Waals surface area contributed by atoms with Crippen LogP contribution in [0.5, 0.6) is 0 Å². The second kappa shape index (κ2) is 11.0. The molecule has 0 radical (unpaired) electrons. The van der Waals surface area contributed by atoms with E-state index in [1.165, 1.54) is 11.6 Å². The van der Waals surface area contributed by atoms with Crippen LogP contribution in [0.25, 0.3) is 0 Å². The molecule has 1 N–H and O–H groups in total. The second-order valence-electron chi connectivity index (χ2n) is 7.47. The molecule has 11 nitrogen and oxygen atoms in total. The lowest BCUT2D eigenvalue weighted by Gasteiger charge is -2.13. The highest BCUT2D eigenvalue weighted by Crippen LogP contribution is 2.35. The number of aryl methyl sites for hydroxylation is 1. The Balaban J connectivity index is 2.30. The minimum atomic E-state index is -0.643. The maximum absolute atomic E-state index is 12.9. The van der Waals surface area contributed by atoms with Crippen molar-refractivity contribution in [2.75, 3.05) is 18.5 Å². The number of aromatic nitrogens is 2. The molecule has 0 saturated carbocycles. The molecule has 12 heteroatoms. The quantitative estimate of drug-likeness (QED) is 0.307. The zero-order valence-corrected chi connectivity index (χ0v) is 20.3. The molecule has 0 spiro atoms. The molecule has 0 fully saturated rings. The van der Waals surface area contributed by atoms with E-state index in [-0.39, 0.29) is 46.6 Å². The average molecular weight is 481 g/mol. The minimum Gasteiger partial charge on any atom is -0.462 e. The Morgan fingerprint density at radius 3 is 2.39 bits per heavy atom. The van der Waals surface area contributed by atoms with Gasteiger partial charge in [0.1, 0.15) is 21.3 Å². The summed E-state index contributed by atoms with van der Waals surface area (Å²) in [6.45, 7) is 10.3. The first-order valence-corrected chi connectivity index (χ1v) is 11.3. The lowest BCUT2D eigenvalue weighted by molar-refractivity contribution is -0.386. The average Bonchev–Trinajstić information content (AvgIpc) is 3.21. The van der Waals surface area contributed by atoms with Crippen LogP contribution in [0.4, 0.5) is 10.7 Å². The fourth-order valence-corrected chi connectivity index (χ4v) is 4.30. The number of nitrogens with one attached hydrogen (secondary N) is 1. The molecule has 1 atom stereocenters. The fraction of sp³-hybridized carbons (Fsp3) is 0.524. The summed E-state index contributed by atoms with van der Waals surface area (Å²) >= 11 is 0.943. The maximum Gasteiger partial charge on any atom is 0.348 e. The SMILES string of the molecule is CCCOC(=O)c1c(NC(=O)C(C)Cn2nc(C)c([N+](=O)[O-])c2C)sc(C(=O)OCC)c1C. The van der Waals surface area contributed by atoms with Gasteiger partial charge in [-0.15, -0.1) is 11.3 Å². The molecule has 0 aromatic carbocycles. The first-order valence-electron chi connectivity index (χ1n) is 10.5. The van der Waals surface area contributed by atoms with Crippen LogP contribution in [0.1, 0.15) is 64.2 Å². The lowest BCUT2D eigenvalue weighted by atomic mass is 10.1. The van der Waals surface area contributed by atoms with E-state index < -0.39 is 28.7 Å². The van der Waals surface area contributed by atoms with Crippen LogP contribution in [-0.2, 0) is 20.8 Å². The van der Waals surface area contributed by atoms with Gasteiger partial charge in [-0.25, -0.2) is 9.59 Å². The van der Waals surface area contributed by atoms with Crippen molar-refractivity contribution >= 4 is 39.9 Å². The van der Waals surface area contributed by atoms with Crippen LogP contribution >= 0.6 is 11.3 Å². The van der Waals surface area contributed by atoms with Gasteiger partial charge in [-0.3, -0.25) is 19.6 Å². The highest BCUT2D eigenvalue weighted by Gasteiger charge is 2.29. The van der Waals surface area contributed by atoms with E-state index in [9.17, 15) is 24.5 Å². The van der Waals surface area contributed by atoms with E-state index in [0.717, 1.165) is 11.3 Å². The molecule has 180 valence electrons. The largest absolute Gasteiger partial charge is 0.462 e. The van der Waals surface area contributed by atoms with Crippen molar-refractivity contribution in [3.05, 3.63) is 37.5 Å². The second-order valence-corrected chi connectivity index (χ2v) is 8.49. The number of carbonyl (C=O) groups excluding carboxylic acids is 3. The van der Waals surface area contributed by atoms with Gasteiger partial charge < -0.3 is 14.8 Å². The van der Waals surface area contributed by atoms with Crippen molar-refractivity contribution in [1.82, 2.24) is 9.78 Å². The Morgan fingerprint density at radius 2 is 1.85 bits per heavy atom. The summed E-state index contributed by atoms with van der Waals surface area (Å²) in [6, 6.07) is 0. The minimum absolute atomic E-state index is 0.0866. The summed E-state index contributed by atoms with van der Waals surface area (Å²) in [5.41, 5.74) is 1.00. The van der Waals surface area contributed by atoms with Gasteiger partial charge in [0.05, 0.1) is 36.2 Å². The molecule has 2 aromatic heterocycles. The van der Waals surface area contributed by atoms with Gasteiger partial charge in [0.2, 0.25) is 5.91 Å². The Hall–Kier alpha value is -3.28.